The molecule has 0 atom stereocenters. The first-order valence-corrected chi connectivity index (χ1v) is 8.97. The number of nitrogens with zero attached hydrogens (tertiary/aromatic N) is 3. The molecule has 2 aromatic carbocycles. The van der Waals surface area contributed by atoms with Crippen LogP contribution in [0.25, 0.3) is 10.9 Å². The molecule has 0 amide bonds. The predicted molar refractivity (Wildman–Crippen MR) is 107 cm³/mol. The number of hydrogen-bond acceptors (Lipinski definition) is 7. The predicted octanol–water partition coefficient (Wildman–Crippen LogP) is 3.92. The summed E-state index contributed by atoms with van der Waals surface area (Å²) in [5, 5.41) is 14.6. The Morgan fingerprint density at radius 2 is 1.79 bits per heavy atom. The molecule has 0 bridgehead atoms. The van der Waals surface area contributed by atoms with E-state index in [0.717, 1.165) is 28.0 Å². The first-order valence-electron chi connectivity index (χ1n) is 8.97. The summed E-state index contributed by atoms with van der Waals surface area (Å²) in [6.45, 7) is 3.06. The summed E-state index contributed by atoms with van der Waals surface area (Å²) in [7, 11) is 0. The summed E-state index contributed by atoms with van der Waals surface area (Å²) in [6.07, 6.45) is 0. The number of H-pyrrole nitrogens is 1. The third-order valence-corrected chi connectivity index (χ3v) is 4.35. The summed E-state index contributed by atoms with van der Waals surface area (Å²) >= 11 is 0. The molecule has 28 heavy (non-hydrogen) atoms. The highest BCUT2D eigenvalue weighted by molar-refractivity contribution is 5.91. The molecule has 5 rings (SSSR count). The van der Waals surface area contributed by atoms with Crippen LogP contribution in [0.5, 0.6) is 11.5 Å². The number of fused-ring (bicyclic) bond motifs is 2. The second-order valence-electron chi connectivity index (χ2n) is 6.46. The number of ether oxygens (including phenoxy) is 2. The molecule has 1 aliphatic rings. The van der Waals surface area contributed by atoms with Gasteiger partial charge in [0, 0.05) is 28.9 Å². The number of aromatic amines is 1. The first kappa shape index (κ1) is 16.4. The van der Waals surface area contributed by atoms with Gasteiger partial charge < -0.3 is 20.1 Å². The van der Waals surface area contributed by atoms with Crippen LogP contribution < -0.4 is 20.1 Å². The molecular formula is C20H18N6O2. The SMILES string of the molecule is Cc1cc(Nc2nc(Nc3ccc4c(c3)OCCO4)nc3ccccc23)n[nH]1. The number of para-hydroxylation sites is 1. The average molecular weight is 374 g/mol. The molecular weight excluding hydrogens is 356 g/mol. The number of anilines is 4. The Balaban J connectivity index is 1.51. The minimum Gasteiger partial charge on any atom is -0.486 e. The summed E-state index contributed by atoms with van der Waals surface area (Å²) in [5.41, 5.74) is 2.61. The summed E-state index contributed by atoms with van der Waals surface area (Å²) in [6, 6.07) is 15.4. The lowest BCUT2D eigenvalue weighted by Crippen LogP contribution is -2.15. The van der Waals surface area contributed by atoms with Crippen LogP contribution in [0.4, 0.5) is 23.3 Å². The van der Waals surface area contributed by atoms with Crippen LogP contribution in [0.3, 0.4) is 0 Å². The molecule has 2 aromatic heterocycles. The Labute approximate surface area is 160 Å². The maximum Gasteiger partial charge on any atom is 0.229 e. The Hall–Kier alpha value is -3.81. The van der Waals surface area contributed by atoms with Crippen molar-refractivity contribution in [1.82, 2.24) is 20.2 Å². The van der Waals surface area contributed by atoms with Crippen molar-refractivity contribution in [1.29, 1.82) is 0 Å². The van der Waals surface area contributed by atoms with E-state index in [1.54, 1.807) is 0 Å². The zero-order valence-electron chi connectivity index (χ0n) is 15.2. The van der Waals surface area contributed by atoms with E-state index >= 15 is 0 Å². The first-order chi connectivity index (χ1) is 13.7. The van der Waals surface area contributed by atoms with Crippen molar-refractivity contribution in [3.63, 3.8) is 0 Å². The van der Waals surface area contributed by atoms with Gasteiger partial charge in [-0.2, -0.15) is 10.1 Å². The summed E-state index contributed by atoms with van der Waals surface area (Å²) in [4.78, 5) is 9.28. The van der Waals surface area contributed by atoms with Crippen molar-refractivity contribution in [2.75, 3.05) is 23.8 Å². The highest BCUT2D eigenvalue weighted by Gasteiger charge is 2.13. The highest BCUT2D eigenvalue weighted by Crippen LogP contribution is 2.34. The van der Waals surface area contributed by atoms with Gasteiger partial charge in [-0.25, -0.2) is 4.98 Å². The van der Waals surface area contributed by atoms with Gasteiger partial charge in [-0.3, -0.25) is 5.10 Å². The molecule has 0 spiro atoms. The Morgan fingerprint density at radius 1 is 0.929 bits per heavy atom. The van der Waals surface area contributed by atoms with Crippen molar-refractivity contribution < 1.29 is 9.47 Å². The van der Waals surface area contributed by atoms with Gasteiger partial charge in [0.1, 0.15) is 19.0 Å². The minimum absolute atomic E-state index is 0.477. The van der Waals surface area contributed by atoms with Crippen LogP contribution in [0.1, 0.15) is 5.69 Å². The Kier molecular flexibility index (Phi) is 3.93. The fraction of sp³-hybridized carbons (Fsp3) is 0.150. The molecule has 0 fully saturated rings. The summed E-state index contributed by atoms with van der Waals surface area (Å²) < 4.78 is 11.2. The van der Waals surface area contributed by atoms with Gasteiger partial charge in [0.2, 0.25) is 5.95 Å². The van der Waals surface area contributed by atoms with Crippen molar-refractivity contribution in [2.24, 2.45) is 0 Å². The van der Waals surface area contributed by atoms with Gasteiger partial charge in [-0.05, 0) is 31.2 Å². The monoisotopic (exact) mass is 374 g/mol. The molecule has 0 saturated heterocycles. The number of aromatic nitrogens is 4. The Morgan fingerprint density at radius 3 is 2.64 bits per heavy atom. The minimum atomic E-state index is 0.477. The number of rotatable bonds is 4. The lowest BCUT2D eigenvalue weighted by Gasteiger charge is -2.19. The Bertz CT molecular complexity index is 1160. The maximum atomic E-state index is 5.65. The number of nitrogens with one attached hydrogen (secondary N) is 3. The number of aryl methyl sites for hydroxylation is 1. The van der Waals surface area contributed by atoms with Crippen molar-refractivity contribution >= 4 is 34.2 Å². The second kappa shape index (κ2) is 6.73. The second-order valence-corrected chi connectivity index (χ2v) is 6.46. The number of hydrogen-bond donors (Lipinski definition) is 3. The van der Waals surface area contributed by atoms with Gasteiger partial charge in [-0.15, -0.1) is 0 Å². The van der Waals surface area contributed by atoms with Crippen LogP contribution in [0.2, 0.25) is 0 Å². The van der Waals surface area contributed by atoms with E-state index in [1.165, 1.54) is 0 Å². The fourth-order valence-corrected chi connectivity index (χ4v) is 3.08. The molecule has 4 aromatic rings. The molecule has 8 nitrogen and oxygen atoms in total. The number of benzene rings is 2. The largest absolute Gasteiger partial charge is 0.486 e. The van der Waals surface area contributed by atoms with Crippen LogP contribution in [-0.4, -0.2) is 33.4 Å². The molecule has 1 aliphatic heterocycles. The maximum absolute atomic E-state index is 5.65. The van der Waals surface area contributed by atoms with Gasteiger partial charge in [0.25, 0.3) is 0 Å². The van der Waals surface area contributed by atoms with Gasteiger partial charge >= 0.3 is 0 Å². The standard InChI is InChI=1S/C20H18N6O2/c1-12-10-18(26-25-12)23-19-14-4-2-3-5-15(14)22-20(24-19)21-13-6-7-16-17(11-13)28-9-8-27-16/h2-7,10-11H,8-9H2,1H3,(H3,21,22,23,24,25,26). The van der Waals surface area contributed by atoms with E-state index in [-0.39, 0.29) is 0 Å². The lowest BCUT2D eigenvalue weighted by atomic mass is 10.2. The third kappa shape index (κ3) is 3.16. The molecule has 3 N–H and O–H groups in total. The topological polar surface area (TPSA) is 97.0 Å². The quantitative estimate of drug-likeness (QED) is 0.498. The molecule has 3 heterocycles. The molecule has 8 heteroatoms. The van der Waals surface area contributed by atoms with E-state index in [1.807, 2.05) is 55.5 Å². The lowest BCUT2D eigenvalue weighted by molar-refractivity contribution is 0.171. The average Bonchev–Trinajstić information content (AvgIpc) is 3.12. The molecule has 0 radical (unpaired) electrons. The molecule has 0 unspecified atom stereocenters. The van der Waals surface area contributed by atoms with Gasteiger partial charge in [-0.1, -0.05) is 12.1 Å². The van der Waals surface area contributed by atoms with Crippen molar-refractivity contribution in [3.8, 4) is 11.5 Å². The molecule has 0 aliphatic carbocycles. The van der Waals surface area contributed by atoms with Gasteiger partial charge in [0.05, 0.1) is 5.52 Å². The van der Waals surface area contributed by atoms with Crippen molar-refractivity contribution in [2.45, 2.75) is 6.92 Å². The smallest absolute Gasteiger partial charge is 0.229 e. The molecule has 140 valence electrons. The highest BCUT2D eigenvalue weighted by atomic mass is 16.6. The van der Waals surface area contributed by atoms with Crippen molar-refractivity contribution in [3.05, 3.63) is 54.2 Å². The summed E-state index contributed by atoms with van der Waals surface area (Å²) in [5.74, 6) is 3.31. The van der Waals surface area contributed by atoms with E-state index in [4.69, 9.17) is 9.47 Å². The zero-order chi connectivity index (χ0) is 18.9. The zero-order valence-corrected chi connectivity index (χ0v) is 15.2. The third-order valence-electron chi connectivity index (χ3n) is 4.35. The van der Waals surface area contributed by atoms with Crippen LogP contribution in [0, 0.1) is 6.92 Å². The van der Waals surface area contributed by atoms with E-state index in [0.29, 0.717) is 36.5 Å². The van der Waals surface area contributed by atoms with Gasteiger partial charge in [0.15, 0.2) is 17.3 Å². The van der Waals surface area contributed by atoms with E-state index in [9.17, 15) is 0 Å². The van der Waals surface area contributed by atoms with E-state index < -0.39 is 0 Å². The molecule has 0 saturated carbocycles. The van der Waals surface area contributed by atoms with Crippen LogP contribution >= 0.6 is 0 Å². The van der Waals surface area contributed by atoms with Crippen LogP contribution in [0.15, 0.2) is 48.5 Å². The van der Waals surface area contributed by atoms with E-state index in [2.05, 4.69) is 30.8 Å². The van der Waals surface area contributed by atoms with Crippen LogP contribution in [-0.2, 0) is 0 Å². The fourth-order valence-electron chi connectivity index (χ4n) is 3.08. The normalized spacial score (nSPS) is 12.8.